The van der Waals surface area contributed by atoms with Crippen molar-refractivity contribution in [3.63, 3.8) is 0 Å². The minimum absolute atomic E-state index is 0.342. The summed E-state index contributed by atoms with van der Waals surface area (Å²) in [6.45, 7) is 2.24. The smallest absolute Gasteiger partial charge is 0.125 e. The lowest BCUT2D eigenvalue weighted by Crippen LogP contribution is -2.40. The molecule has 1 aliphatic carbocycles. The fourth-order valence-corrected chi connectivity index (χ4v) is 2.93. The molecule has 0 saturated heterocycles. The van der Waals surface area contributed by atoms with Gasteiger partial charge < -0.3 is 5.32 Å². The molecule has 0 spiro atoms. The van der Waals surface area contributed by atoms with Crippen LogP contribution in [0.25, 0.3) is 0 Å². The Labute approximate surface area is 110 Å². The van der Waals surface area contributed by atoms with Crippen LogP contribution in [0, 0.1) is 17.2 Å². The van der Waals surface area contributed by atoms with Gasteiger partial charge in [-0.3, -0.25) is 0 Å². The average Bonchev–Trinajstić information content (AvgIpc) is 2.43. The molecular formula is C16H22N2. The summed E-state index contributed by atoms with van der Waals surface area (Å²) in [6.07, 6.45) is 6.89. The van der Waals surface area contributed by atoms with Gasteiger partial charge in [0, 0.05) is 5.69 Å². The van der Waals surface area contributed by atoms with Crippen molar-refractivity contribution in [2.24, 2.45) is 5.92 Å². The molecule has 2 nitrogen and oxygen atoms in total. The van der Waals surface area contributed by atoms with Gasteiger partial charge in [-0.15, -0.1) is 0 Å². The second-order valence-electron chi connectivity index (χ2n) is 5.42. The van der Waals surface area contributed by atoms with E-state index in [-0.39, 0.29) is 5.54 Å². The van der Waals surface area contributed by atoms with E-state index in [1.54, 1.807) is 0 Å². The highest BCUT2D eigenvalue weighted by molar-refractivity contribution is 5.47. The van der Waals surface area contributed by atoms with E-state index in [9.17, 15) is 5.26 Å². The summed E-state index contributed by atoms with van der Waals surface area (Å²) in [6, 6.07) is 12.6. The summed E-state index contributed by atoms with van der Waals surface area (Å²) < 4.78 is 0. The molecule has 0 atom stereocenters. The highest BCUT2D eigenvalue weighted by atomic mass is 15.0. The summed E-state index contributed by atoms with van der Waals surface area (Å²) >= 11 is 0. The first-order valence-electron chi connectivity index (χ1n) is 7.02. The van der Waals surface area contributed by atoms with Crippen molar-refractivity contribution < 1.29 is 0 Å². The molecule has 1 fully saturated rings. The van der Waals surface area contributed by atoms with E-state index in [0.29, 0.717) is 0 Å². The zero-order valence-corrected chi connectivity index (χ0v) is 11.2. The van der Waals surface area contributed by atoms with E-state index in [4.69, 9.17) is 0 Å². The second kappa shape index (κ2) is 5.91. The van der Waals surface area contributed by atoms with Gasteiger partial charge in [0.05, 0.1) is 6.07 Å². The Kier molecular flexibility index (Phi) is 4.25. The van der Waals surface area contributed by atoms with Crippen molar-refractivity contribution in [3.05, 3.63) is 30.3 Å². The van der Waals surface area contributed by atoms with E-state index in [0.717, 1.165) is 24.4 Å². The van der Waals surface area contributed by atoms with Crippen molar-refractivity contribution >= 4 is 5.69 Å². The van der Waals surface area contributed by atoms with Crippen LogP contribution in [0.15, 0.2) is 30.3 Å². The van der Waals surface area contributed by atoms with Crippen LogP contribution in [0.5, 0.6) is 0 Å². The van der Waals surface area contributed by atoms with Crippen LogP contribution in [0.3, 0.4) is 0 Å². The number of para-hydroxylation sites is 1. The molecule has 96 valence electrons. The minimum Gasteiger partial charge on any atom is -0.367 e. The van der Waals surface area contributed by atoms with Gasteiger partial charge >= 0.3 is 0 Å². The van der Waals surface area contributed by atoms with Gasteiger partial charge in [0.1, 0.15) is 5.54 Å². The maximum Gasteiger partial charge on any atom is 0.125 e. The van der Waals surface area contributed by atoms with Gasteiger partial charge in [-0.1, -0.05) is 38.0 Å². The highest BCUT2D eigenvalue weighted by Gasteiger charge is 2.34. The van der Waals surface area contributed by atoms with Gasteiger partial charge in [0.2, 0.25) is 0 Å². The van der Waals surface area contributed by atoms with Gasteiger partial charge in [-0.25, -0.2) is 0 Å². The molecule has 1 aromatic rings. The Balaban J connectivity index is 1.99. The van der Waals surface area contributed by atoms with E-state index >= 15 is 0 Å². The highest BCUT2D eigenvalue weighted by Crippen LogP contribution is 2.36. The first kappa shape index (κ1) is 13.0. The van der Waals surface area contributed by atoms with Crippen molar-refractivity contribution in [2.45, 2.75) is 51.0 Å². The quantitative estimate of drug-likeness (QED) is 0.852. The summed E-state index contributed by atoms with van der Waals surface area (Å²) in [5.74, 6) is 0.828. The van der Waals surface area contributed by atoms with E-state index in [2.05, 4.69) is 18.3 Å². The molecular weight excluding hydrogens is 220 g/mol. The minimum atomic E-state index is -0.342. The SMILES string of the molecule is CCCC1CCC(C#N)(Nc2ccccc2)CC1. The Morgan fingerprint density at radius 1 is 1.28 bits per heavy atom. The number of benzene rings is 1. The summed E-state index contributed by atoms with van der Waals surface area (Å²) in [7, 11) is 0. The van der Waals surface area contributed by atoms with Crippen LogP contribution >= 0.6 is 0 Å². The van der Waals surface area contributed by atoms with Gasteiger partial charge in [0.25, 0.3) is 0 Å². The number of hydrogen-bond acceptors (Lipinski definition) is 2. The Morgan fingerprint density at radius 2 is 1.94 bits per heavy atom. The molecule has 2 rings (SSSR count). The molecule has 0 heterocycles. The number of nitrogens with zero attached hydrogens (tertiary/aromatic N) is 1. The lowest BCUT2D eigenvalue weighted by Gasteiger charge is -2.36. The van der Waals surface area contributed by atoms with Gasteiger partial charge in [-0.05, 0) is 43.7 Å². The molecule has 1 saturated carbocycles. The van der Waals surface area contributed by atoms with E-state index in [1.165, 1.54) is 25.7 Å². The maximum absolute atomic E-state index is 9.51. The molecule has 0 unspecified atom stereocenters. The third-order valence-corrected chi connectivity index (χ3v) is 4.03. The largest absolute Gasteiger partial charge is 0.367 e. The summed E-state index contributed by atoms with van der Waals surface area (Å²) in [5.41, 5.74) is 0.721. The molecule has 0 aromatic heterocycles. The Morgan fingerprint density at radius 3 is 2.50 bits per heavy atom. The summed E-state index contributed by atoms with van der Waals surface area (Å²) in [4.78, 5) is 0. The van der Waals surface area contributed by atoms with E-state index in [1.807, 2.05) is 30.3 Å². The van der Waals surface area contributed by atoms with E-state index < -0.39 is 0 Å². The van der Waals surface area contributed by atoms with Crippen molar-refractivity contribution in [1.29, 1.82) is 5.26 Å². The third kappa shape index (κ3) is 3.04. The molecule has 0 bridgehead atoms. The lowest BCUT2D eigenvalue weighted by molar-refractivity contribution is 0.282. The van der Waals surface area contributed by atoms with Crippen LogP contribution in [-0.4, -0.2) is 5.54 Å². The number of nitrogens with one attached hydrogen (secondary N) is 1. The Bertz CT molecular complexity index is 397. The molecule has 2 heteroatoms. The summed E-state index contributed by atoms with van der Waals surface area (Å²) in [5, 5.41) is 13.0. The van der Waals surface area contributed by atoms with Crippen LogP contribution in [0.2, 0.25) is 0 Å². The molecule has 0 radical (unpaired) electrons. The van der Waals surface area contributed by atoms with Crippen molar-refractivity contribution in [1.82, 2.24) is 0 Å². The maximum atomic E-state index is 9.51. The molecule has 0 aliphatic heterocycles. The molecule has 1 aromatic carbocycles. The van der Waals surface area contributed by atoms with Crippen LogP contribution < -0.4 is 5.32 Å². The van der Waals surface area contributed by atoms with Crippen LogP contribution in [0.4, 0.5) is 5.69 Å². The number of hydrogen-bond donors (Lipinski definition) is 1. The predicted octanol–water partition coefficient (Wildman–Crippen LogP) is 4.35. The van der Waals surface area contributed by atoms with Crippen LogP contribution in [0.1, 0.15) is 45.4 Å². The average molecular weight is 242 g/mol. The van der Waals surface area contributed by atoms with Gasteiger partial charge in [-0.2, -0.15) is 5.26 Å². The molecule has 1 aliphatic rings. The van der Waals surface area contributed by atoms with Crippen LogP contribution in [-0.2, 0) is 0 Å². The Hall–Kier alpha value is -1.49. The van der Waals surface area contributed by atoms with Crippen molar-refractivity contribution in [3.8, 4) is 6.07 Å². The zero-order chi connectivity index (χ0) is 12.8. The topological polar surface area (TPSA) is 35.8 Å². The molecule has 0 amide bonds. The number of anilines is 1. The first-order chi connectivity index (χ1) is 8.78. The molecule has 18 heavy (non-hydrogen) atoms. The fourth-order valence-electron chi connectivity index (χ4n) is 2.93. The number of nitriles is 1. The third-order valence-electron chi connectivity index (χ3n) is 4.03. The lowest BCUT2D eigenvalue weighted by atomic mass is 9.75. The second-order valence-corrected chi connectivity index (χ2v) is 5.42. The first-order valence-corrected chi connectivity index (χ1v) is 7.02. The standard InChI is InChI=1S/C16H22N2/c1-2-6-14-9-11-16(13-17,12-10-14)18-15-7-4-3-5-8-15/h3-5,7-8,14,18H,2,6,9-12H2,1H3. The number of rotatable bonds is 4. The zero-order valence-electron chi connectivity index (χ0n) is 11.2. The monoisotopic (exact) mass is 242 g/mol. The molecule has 1 N–H and O–H groups in total. The fraction of sp³-hybridized carbons (Fsp3) is 0.562. The predicted molar refractivity (Wildman–Crippen MR) is 75.3 cm³/mol. The van der Waals surface area contributed by atoms with Crippen molar-refractivity contribution in [2.75, 3.05) is 5.32 Å². The normalized spacial score (nSPS) is 27.4. The van der Waals surface area contributed by atoms with Gasteiger partial charge in [0.15, 0.2) is 0 Å².